The van der Waals surface area contributed by atoms with E-state index in [0.29, 0.717) is 19.3 Å². The van der Waals surface area contributed by atoms with Crippen LogP contribution in [0.15, 0.2) is 48.6 Å². The summed E-state index contributed by atoms with van der Waals surface area (Å²) in [7, 11) is 0. The van der Waals surface area contributed by atoms with Gasteiger partial charge in [-0.1, -0.05) is 281 Å². The van der Waals surface area contributed by atoms with E-state index in [1.807, 2.05) is 0 Å². The summed E-state index contributed by atoms with van der Waals surface area (Å²) in [4.78, 5) is 38.4. The molecule has 0 heterocycles. The molecule has 0 saturated carbocycles. The van der Waals surface area contributed by atoms with E-state index in [0.717, 1.165) is 64.2 Å². The van der Waals surface area contributed by atoms with Gasteiger partial charge in [0.2, 0.25) is 0 Å². The Balaban J connectivity index is 4.37. The summed E-state index contributed by atoms with van der Waals surface area (Å²) in [6, 6.07) is 0. The maximum atomic E-state index is 12.9. The fourth-order valence-corrected chi connectivity index (χ4v) is 9.60. The molecule has 0 spiro atoms. The molecule has 74 heavy (non-hydrogen) atoms. The van der Waals surface area contributed by atoms with Gasteiger partial charge in [-0.15, -0.1) is 0 Å². The maximum absolute atomic E-state index is 12.9. The summed E-state index contributed by atoms with van der Waals surface area (Å²) >= 11 is 0. The average Bonchev–Trinajstić information content (AvgIpc) is 3.40. The van der Waals surface area contributed by atoms with Gasteiger partial charge in [0, 0.05) is 19.3 Å². The van der Waals surface area contributed by atoms with Crippen molar-refractivity contribution in [1.29, 1.82) is 0 Å². The van der Waals surface area contributed by atoms with E-state index >= 15 is 0 Å². The quantitative estimate of drug-likeness (QED) is 0.0199. The topological polar surface area (TPSA) is 78.9 Å². The number of rotatable bonds is 60. The van der Waals surface area contributed by atoms with E-state index in [4.69, 9.17) is 14.2 Å². The first-order valence-electron chi connectivity index (χ1n) is 32.7. The van der Waals surface area contributed by atoms with Crippen LogP contribution in [0.2, 0.25) is 0 Å². The molecule has 0 aromatic heterocycles. The zero-order chi connectivity index (χ0) is 53.6. The van der Waals surface area contributed by atoms with E-state index < -0.39 is 6.10 Å². The van der Waals surface area contributed by atoms with Gasteiger partial charge in [-0.2, -0.15) is 0 Å². The van der Waals surface area contributed by atoms with Crippen LogP contribution in [0, 0.1) is 0 Å². The van der Waals surface area contributed by atoms with Crippen LogP contribution >= 0.6 is 0 Å². The maximum Gasteiger partial charge on any atom is 0.306 e. The molecule has 0 aliphatic carbocycles. The highest BCUT2D eigenvalue weighted by molar-refractivity contribution is 5.71. The highest BCUT2D eigenvalue weighted by Gasteiger charge is 2.19. The van der Waals surface area contributed by atoms with Crippen LogP contribution in [0.1, 0.15) is 348 Å². The minimum absolute atomic E-state index is 0.0770. The molecule has 0 saturated heterocycles. The first-order chi connectivity index (χ1) is 36.5. The zero-order valence-corrected chi connectivity index (χ0v) is 49.6. The molecular formula is C68H124O6. The molecule has 0 radical (unpaired) electrons. The van der Waals surface area contributed by atoms with Crippen molar-refractivity contribution in [3.63, 3.8) is 0 Å². The van der Waals surface area contributed by atoms with Gasteiger partial charge in [0.15, 0.2) is 6.10 Å². The number of allylic oxidation sites excluding steroid dienone is 8. The fraction of sp³-hybridized carbons (Fsp3) is 0.838. The molecule has 0 N–H and O–H groups in total. The van der Waals surface area contributed by atoms with Crippen LogP contribution in [-0.4, -0.2) is 37.2 Å². The van der Waals surface area contributed by atoms with Gasteiger partial charge < -0.3 is 14.2 Å². The van der Waals surface area contributed by atoms with Crippen LogP contribution in [-0.2, 0) is 28.6 Å². The van der Waals surface area contributed by atoms with Crippen molar-refractivity contribution >= 4 is 17.9 Å². The van der Waals surface area contributed by atoms with Gasteiger partial charge in [0.1, 0.15) is 13.2 Å². The average molecular weight is 1040 g/mol. The molecule has 432 valence electrons. The predicted octanol–water partition coefficient (Wildman–Crippen LogP) is 22.2. The SMILES string of the molecule is CCCCC/C=C\C=C/CCCCCCCCCCCCC(=O)OCC(COC(=O)CCCCCCC/C=C\CCCCCCCCCCC)OC(=O)CCCCCCCCC/C=C\CCCCCCCCCC. The van der Waals surface area contributed by atoms with E-state index in [9.17, 15) is 14.4 Å². The van der Waals surface area contributed by atoms with Crippen molar-refractivity contribution < 1.29 is 28.6 Å². The Kier molecular flexibility index (Phi) is 60.7. The Morgan fingerprint density at radius 1 is 0.270 bits per heavy atom. The summed E-state index contributed by atoms with van der Waals surface area (Å²) in [5.74, 6) is -0.872. The summed E-state index contributed by atoms with van der Waals surface area (Å²) in [5.41, 5.74) is 0. The normalized spacial score (nSPS) is 12.3. The number of unbranched alkanes of at least 4 members (excludes halogenated alkanes) is 42. The van der Waals surface area contributed by atoms with Crippen LogP contribution < -0.4 is 0 Å². The number of esters is 3. The number of carbonyl (C=O) groups excluding carboxylic acids is 3. The lowest BCUT2D eigenvalue weighted by Crippen LogP contribution is -2.30. The highest BCUT2D eigenvalue weighted by Crippen LogP contribution is 2.17. The predicted molar refractivity (Wildman–Crippen MR) is 321 cm³/mol. The smallest absolute Gasteiger partial charge is 0.306 e. The zero-order valence-electron chi connectivity index (χ0n) is 49.6. The third-order valence-electron chi connectivity index (χ3n) is 14.6. The lowest BCUT2D eigenvalue weighted by molar-refractivity contribution is -0.167. The van der Waals surface area contributed by atoms with E-state index in [2.05, 4.69) is 69.4 Å². The third-order valence-corrected chi connectivity index (χ3v) is 14.6. The lowest BCUT2D eigenvalue weighted by atomic mass is 10.1. The summed E-state index contributed by atoms with van der Waals surface area (Å²) in [6.07, 6.45) is 78.2. The molecule has 0 aromatic carbocycles. The highest BCUT2D eigenvalue weighted by atomic mass is 16.6. The second-order valence-corrected chi connectivity index (χ2v) is 22.0. The molecule has 0 rings (SSSR count). The van der Waals surface area contributed by atoms with Gasteiger partial charge in [0.25, 0.3) is 0 Å². The van der Waals surface area contributed by atoms with Crippen molar-refractivity contribution in [2.75, 3.05) is 13.2 Å². The number of ether oxygens (including phenoxy) is 3. The lowest BCUT2D eigenvalue weighted by Gasteiger charge is -2.18. The molecule has 6 nitrogen and oxygen atoms in total. The molecule has 0 aromatic rings. The standard InChI is InChI=1S/C68H124O6/c1-4-7-10-13-16-19-22-25-28-31-34-37-40-43-46-49-52-55-58-61-67(70)73-64-65(63-72-66(69)60-57-54-51-48-45-42-39-36-33-30-27-24-21-18-15-12-9-6-3)74-68(71)62-59-56-53-50-47-44-41-38-35-32-29-26-23-20-17-14-11-8-5-2/h16,19,22,25,32,35-36,39,65H,4-15,17-18,20-21,23-24,26-31,33-34,37-38,40-64H2,1-3H3/b19-16-,25-22-,35-32-,39-36-. The second kappa shape index (κ2) is 62.9. The van der Waals surface area contributed by atoms with Gasteiger partial charge in [-0.3, -0.25) is 14.4 Å². The minimum atomic E-state index is -0.781. The Bertz CT molecular complexity index is 1280. The van der Waals surface area contributed by atoms with E-state index in [1.54, 1.807) is 0 Å². The van der Waals surface area contributed by atoms with Gasteiger partial charge in [-0.25, -0.2) is 0 Å². The molecule has 0 amide bonds. The van der Waals surface area contributed by atoms with Crippen molar-refractivity contribution in [2.45, 2.75) is 354 Å². The van der Waals surface area contributed by atoms with Gasteiger partial charge >= 0.3 is 17.9 Å². The van der Waals surface area contributed by atoms with Gasteiger partial charge in [-0.05, 0) is 96.3 Å². The van der Waals surface area contributed by atoms with Gasteiger partial charge in [0.05, 0.1) is 0 Å². The Hall–Kier alpha value is -2.63. The van der Waals surface area contributed by atoms with Crippen molar-refractivity contribution in [2.24, 2.45) is 0 Å². The summed E-state index contributed by atoms with van der Waals surface area (Å²) < 4.78 is 17.0. The van der Waals surface area contributed by atoms with E-state index in [-0.39, 0.29) is 31.1 Å². The fourth-order valence-electron chi connectivity index (χ4n) is 9.60. The number of carbonyl (C=O) groups is 3. The molecule has 0 aliphatic heterocycles. The monoisotopic (exact) mass is 1040 g/mol. The molecule has 1 unspecified atom stereocenters. The van der Waals surface area contributed by atoms with Crippen LogP contribution in [0.4, 0.5) is 0 Å². The summed E-state index contributed by atoms with van der Waals surface area (Å²) in [6.45, 7) is 6.65. The van der Waals surface area contributed by atoms with Crippen molar-refractivity contribution in [3.8, 4) is 0 Å². The van der Waals surface area contributed by atoms with Crippen molar-refractivity contribution in [1.82, 2.24) is 0 Å². The number of hydrogen-bond acceptors (Lipinski definition) is 6. The van der Waals surface area contributed by atoms with Crippen molar-refractivity contribution in [3.05, 3.63) is 48.6 Å². The minimum Gasteiger partial charge on any atom is -0.462 e. The molecule has 6 heteroatoms. The first-order valence-corrected chi connectivity index (χ1v) is 32.7. The third kappa shape index (κ3) is 60.2. The molecule has 0 aliphatic rings. The molecule has 1 atom stereocenters. The Labute approximate surface area is 460 Å². The Morgan fingerprint density at radius 2 is 0.486 bits per heavy atom. The number of hydrogen-bond donors (Lipinski definition) is 0. The van der Waals surface area contributed by atoms with E-state index in [1.165, 1.54) is 244 Å². The molecule has 0 fully saturated rings. The largest absolute Gasteiger partial charge is 0.462 e. The molecular weight excluding hydrogens is 913 g/mol. The Morgan fingerprint density at radius 3 is 0.784 bits per heavy atom. The first kappa shape index (κ1) is 71.4. The van der Waals surface area contributed by atoms with Crippen LogP contribution in [0.25, 0.3) is 0 Å². The molecule has 0 bridgehead atoms. The second-order valence-electron chi connectivity index (χ2n) is 22.0. The van der Waals surface area contributed by atoms with Crippen LogP contribution in [0.5, 0.6) is 0 Å². The summed E-state index contributed by atoms with van der Waals surface area (Å²) in [5, 5.41) is 0. The van der Waals surface area contributed by atoms with Crippen LogP contribution in [0.3, 0.4) is 0 Å².